The van der Waals surface area contributed by atoms with Gasteiger partial charge in [-0.05, 0) is 153 Å². The molecule has 68 heavy (non-hydrogen) atoms. The Labute approximate surface area is 404 Å². The Hall–Kier alpha value is -8.06. The highest BCUT2D eigenvalue weighted by molar-refractivity contribution is 6.00. The van der Waals surface area contributed by atoms with Crippen molar-refractivity contribution in [2.75, 3.05) is 0 Å². The van der Waals surface area contributed by atoms with Crippen LogP contribution >= 0.6 is 0 Å². The second kappa shape index (κ2) is 22.4. The molecule has 0 saturated carbocycles. The lowest BCUT2D eigenvalue weighted by Gasteiger charge is -2.18. The number of hydrogen-bond acceptors (Lipinski definition) is 0. The Balaban J connectivity index is 0.00000152. The maximum absolute atomic E-state index is 4.89. The molecule has 0 radical (unpaired) electrons. The van der Waals surface area contributed by atoms with Gasteiger partial charge in [-0.2, -0.15) is 0 Å². The molecule has 0 fully saturated rings. The van der Waals surface area contributed by atoms with E-state index < -0.39 is 0 Å². The highest BCUT2D eigenvalue weighted by Crippen LogP contribution is 2.37. The van der Waals surface area contributed by atoms with Gasteiger partial charge in [0.25, 0.3) is 0 Å². The molecule has 0 aliphatic heterocycles. The minimum Gasteiger partial charge on any atom is -0.0991 e. The summed E-state index contributed by atoms with van der Waals surface area (Å²) in [4.78, 5) is 0. The van der Waals surface area contributed by atoms with Crippen molar-refractivity contribution in [1.29, 1.82) is 0 Å². The zero-order valence-corrected chi connectivity index (χ0v) is 39.9. The lowest BCUT2D eigenvalue weighted by atomic mass is 9.86. The van der Waals surface area contributed by atoms with E-state index in [1.54, 1.807) is 0 Å². The molecule has 0 atom stereocenters. The van der Waals surface area contributed by atoms with E-state index in [0.717, 1.165) is 73.4 Å². The lowest BCUT2D eigenvalue weighted by molar-refractivity contribution is 1.30. The van der Waals surface area contributed by atoms with Gasteiger partial charge in [-0.25, -0.2) is 0 Å². The summed E-state index contributed by atoms with van der Waals surface area (Å²) in [6.45, 7) is 17.0. The molecule has 332 valence electrons. The van der Waals surface area contributed by atoms with Crippen molar-refractivity contribution < 1.29 is 0 Å². The van der Waals surface area contributed by atoms with Crippen molar-refractivity contribution in [3.63, 3.8) is 0 Å². The number of fused-ring (bicyclic) bond motifs is 4. The molecular formula is C68H60. The van der Waals surface area contributed by atoms with Crippen LogP contribution in [0.4, 0.5) is 0 Å². The van der Waals surface area contributed by atoms with Gasteiger partial charge in [0.1, 0.15) is 0 Å². The van der Waals surface area contributed by atoms with Crippen LogP contribution < -0.4 is 10.4 Å². The van der Waals surface area contributed by atoms with Crippen LogP contribution in [0.3, 0.4) is 0 Å². The molecule has 0 unspecified atom stereocenters. The van der Waals surface area contributed by atoms with Gasteiger partial charge in [-0.1, -0.05) is 253 Å². The van der Waals surface area contributed by atoms with Crippen LogP contribution in [-0.4, -0.2) is 0 Å². The fourth-order valence-corrected chi connectivity index (χ4v) is 9.31. The third-order valence-electron chi connectivity index (χ3n) is 12.5. The third kappa shape index (κ3) is 10.2. The predicted molar refractivity (Wildman–Crippen MR) is 301 cm³/mol. The maximum Gasteiger partial charge on any atom is -0.00326 e. The molecule has 0 N–H and O–H groups in total. The zero-order chi connectivity index (χ0) is 47.2. The van der Waals surface area contributed by atoms with Crippen LogP contribution in [0, 0.1) is 0 Å². The molecule has 3 aliphatic carbocycles. The fourth-order valence-electron chi connectivity index (χ4n) is 9.31. The van der Waals surface area contributed by atoms with Crippen LogP contribution in [0.5, 0.6) is 0 Å². The van der Waals surface area contributed by atoms with E-state index >= 15 is 0 Å². The number of benzene rings is 7. The van der Waals surface area contributed by atoms with Crippen molar-refractivity contribution in [1.82, 2.24) is 0 Å². The highest BCUT2D eigenvalue weighted by Gasteiger charge is 2.18. The van der Waals surface area contributed by atoms with Crippen molar-refractivity contribution in [2.45, 2.75) is 40.5 Å². The standard InChI is InChI=1S/C64H48.2C2H6/c1-3-4-19-55(42-53-30-15-26-49-23-12-13-33-58(49)53)62-40-45(2)61(44-63(62)56-32-16-31-54(43-56)60-35-18-28-50-27-17-34-59(50)60)64(57-39-37-48-25-14-29-52(48)41-57)51-24-9-7-5-6-8-20-46-21-10-11-22-47(46)36-38-51;2*1-2/h3-24,26-33,35-44H,1-2,25,34H2;2*1-2H3/b6-5+,7-5?,8-6?,9-7-,19-4-,20-8-,24-9?,38-36+,46-20?,47-36?,51-24+,51-38?,55-42?,64-61+;;. The van der Waals surface area contributed by atoms with E-state index in [9.17, 15) is 0 Å². The van der Waals surface area contributed by atoms with Gasteiger partial charge >= 0.3 is 0 Å². The normalized spacial score (nSPS) is 16.5. The summed E-state index contributed by atoms with van der Waals surface area (Å²) < 4.78 is 0. The first-order valence-electron chi connectivity index (χ1n) is 24.2. The van der Waals surface area contributed by atoms with Gasteiger partial charge in [0.05, 0.1) is 0 Å². The predicted octanol–water partition coefficient (Wildman–Crippen LogP) is 17.0. The molecule has 0 aromatic heterocycles. The molecule has 7 aromatic rings. The topological polar surface area (TPSA) is 0 Å². The Kier molecular flexibility index (Phi) is 15.3. The van der Waals surface area contributed by atoms with Gasteiger partial charge in [-0.3, -0.25) is 0 Å². The molecule has 0 amide bonds. The Morgan fingerprint density at radius 2 is 1.24 bits per heavy atom. The van der Waals surface area contributed by atoms with Crippen molar-refractivity contribution >= 4 is 58.9 Å². The first kappa shape index (κ1) is 46.5. The van der Waals surface area contributed by atoms with Crippen LogP contribution in [0.25, 0.3) is 81.1 Å². The molecule has 0 saturated heterocycles. The highest BCUT2D eigenvalue weighted by atomic mass is 14.2. The molecule has 0 nitrogen and oxygen atoms in total. The van der Waals surface area contributed by atoms with Gasteiger partial charge < -0.3 is 0 Å². The van der Waals surface area contributed by atoms with Gasteiger partial charge in [0.15, 0.2) is 0 Å². The van der Waals surface area contributed by atoms with Crippen LogP contribution in [0.2, 0.25) is 0 Å². The molecular weight excluding hydrogens is 817 g/mol. The Bertz CT molecular complexity index is 3390. The summed E-state index contributed by atoms with van der Waals surface area (Å²) in [6.07, 6.45) is 38.8. The van der Waals surface area contributed by atoms with Crippen LogP contribution in [0.1, 0.15) is 77.8 Å². The molecule has 7 aromatic carbocycles. The SMILES string of the molecule is C=C/C=C\C(=Cc1cccc2ccccc12)c1cc(=C)\c(=C(C2=C/C=C\C=C\C=C/c3ccccc3\C=C\2)\c2ccc3c(c2)C=CC3)cc1-c1cccc(-c2cccc3c2CC=C3)c1.CC.CC. The van der Waals surface area contributed by atoms with E-state index in [1.807, 2.05) is 39.8 Å². The van der Waals surface area contributed by atoms with E-state index in [2.05, 4.69) is 237 Å². The minimum atomic E-state index is 0.938. The third-order valence-corrected chi connectivity index (χ3v) is 12.5. The van der Waals surface area contributed by atoms with Crippen LogP contribution in [0.15, 0.2) is 225 Å². The quantitative estimate of drug-likeness (QED) is 0.105. The number of allylic oxidation sites excluding steroid dienone is 14. The average molecular weight is 877 g/mol. The van der Waals surface area contributed by atoms with Crippen molar-refractivity contribution in [3.8, 4) is 22.3 Å². The summed E-state index contributed by atoms with van der Waals surface area (Å²) >= 11 is 0. The molecule has 10 rings (SSSR count). The molecule has 3 aliphatic rings. The largest absolute Gasteiger partial charge is 0.0991 e. The summed E-state index contributed by atoms with van der Waals surface area (Å²) in [5, 5.41) is 4.43. The van der Waals surface area contributed by atoms with Crippen molar-refractivity contribution in [3.05, 3.63) is 285 Å². The Morgan fingerprint density at radius 3 is 2.09 bits per heavy atom. The number of rotatable bonds is 8. The summed E-state index contributed by atoms with van der Waals surface area (Å²) in [5.74, 6) is 0. The molecule has 0 spiro atoms. The molecule has 0 heteroatoms. The number of hydrogen-bond donors (Lipinski definition) is 0. The van der Waals surface area contributed by atoms with Gasteiger partial charge in [-0.15, -0.1) is 0 Å². The van der Waals surface area contributed by atoms with E-state index in [0.29, 0.717) is 0 Å². The van der Waals surface area contributed by atoms with E-state index in [4.69, 9.17) is 6.58 Å². The lowest BCUT2D eigenvalue weighted by Crippen LogP contribution is -2.28. The second-order valence-electron chi connectivity index (χ2n) is 16.5. The molecule has 0 bridgehead atoms. The van der Waals surface area contributed by atoms with Crippen LogP contribution in [-0.2, 0) is 12.8 Å². The van der Waals surface area contributed by atoms with E-state index in [1.165, 1.54) is 49.7 Å². The summed E-state index contributed by atoms with van der Waals surface area (Å²) in [6, 6.07) is 51.1. The first-order valence-corrected chi connectivity index (χ1v) is 24.2. The average Bonchev–Trinajstić information content (AvgIpc) is 4.08. The summed E-state index contributed by atoms with van der Waals surface area (Å²) in [7, 11) is 0. The van der Waals surface area contributed by atoms with Gasteiger partial charge in [0.2, 0.25) is 0 Å². The molecule has 0 heterocycles. The maximum atomic E-state index is 4.89. The minimum absolute atomic E-state index is 0.938. The zero-order valence-electron chi connectivity index (χ0n) is 39.9. The summed E-state index contributed by atoms with van der Waals surface area (Å²) in [5.41, 5.74) is 19.0. The van der Waals surface area contributed by atoms with Crippen molar-refractivity contribution in [2.24, 2.45) is 0 Å². The van der Waals surface area contributed by atoms with Gasteiger partial charge in [0, 0.05) is 0 Å². The monoisotopic (exact) mass is 876 g/mol. The van der Waals surface area contributed by atoms with E-state index in [-0.39, 0.29) is 0 Å². The fraction of sp³-hybridized carbons (Fsp3) is 0.0882. The Morgan fingerprint density at radius 1 is 0.544 bits per heavy atom. The second-order valence-corrected chi connectivity index (χ2v) is 16.5. The smallest absolute Gasteiger partial charge is 0.00326 e. The first-order chi connectivity index (χ1) is 33.6.